The summed E-state index contributed by atoms with van der Waals surface area (Å²) in [5.74, 6) is -6.13. The lowest BCUT2D eigenvalue weighted by Gasteiger charge is -2.23. The lowest BCUT2D eigenvalue weighted by Crippen LogP contribution is -2.34. The van der Waals surface area contributed by atoms with Crippen LogP contribution in [0.5, 0.6) is 23.0 Å². The van der Waals surface area contributed by atoms with Gasteiger partial charge in [0.15, 0.2) is 11.5 Å². The number of halogens is 5. The third-order valence-electron chi connectivity index (χ3n) is 6.78. The zero-order chi connectivity index (χ0) is 34.9. The van der Waals surface area contributed by atoms with Crippen LogP contribution in [0.2, 0.25) is 0 Å². The summed E-state index contributed by atoms with van der Waals surface area (Å²) in [6.07, 6.45) is -2.79. The van der Waals surface area contributed by atoms with Crippen molar-refractivity contribution >= 4 is 40.5 Å². The molecule has 254 valence electrons. The van der Waals surface area contributed by atoms with Gasteiger partial charge in [0, 0.05) is 31.8 Å². The van der Waals surface area contributed by atoms with Crippen molar-refractivity contribution in [2.24, 2.45) is 0 Å². The number of ether oxygens (including phenoxy) is 5. The number of fused-ring (bicyclic) bond motifs is 1. The number of carbonyl (C=O) groups excluding carboxylic acids is 2. The van der Waals surface area contributed by atoms with E-state index in [0.717, 1.165) is 35.4 Å². The number of rotatable bonds is 14. The first-order chi connectivity index (χ1) is 22.9. The average molecular weight is 691 g/mol. The molecule has 0 amide bonds. The molecule has 0 aliphatic rings. The molecule has 0 fully saturated rings. The van der Waals surface area contributed by atoms with E-state index in [9.17, 15) is 31.5 Å². The molecule has 48 heavy (non-hydrogen) atoms. The Labute approximate surface area is 277 Å². The molecule has 0 unspecified atom stereocenters. The van der Waals surface area contributed by atoms with E-state index in [1.54, 1.807) is 32.2 Å². The van der Waals surface area contributed by atoms with E-state index in [4.69, 9.17) is 23.7 Å². The number of carbonyl (C=O) groups is 2. The minimum atomic E-state index is -5.84. The van der Waals surface area contributed by atoms with E-state index in [1.807, 2.05) is 18.2 Å². The zero-order valence-electron chi connectivity index (χ0n) is 26.1. The van der Waals surface area contributed by atoms with Crippen LogP contribution in [-0.4, -0.2) is 51.3 Å². The van der Waals surface area contributed by atoms with Gasteiger partial charge < -0.3 is 23.7 Å². The van der Waals surface area contributed by atoms with Crippen LogP contribution in [-0.2, 0) is 15.5 Å². The fourth-order valence-electron chi connectivity index (χ4n) is 4.46. The van der Waals surface area contributed by atoms with Crippen LogP contribution in [0, 0.1) is 0 Å². The molecule has 0 saturated carbocycles. The fourth-order valence-corrected chi connectivity index (χ4v) is 5.35. The van der Waals surface area contributed by atoms with Crippen molar-refractivity contribution in [1.29, 1.82) is 0 Å². The van der Waals surface area contributed by atoms with Crippen LogP contribution in [0.15, 0.2) is 83.8 Å². The Morgan fingerprint density at radius 2 is 1.56 bits per heavy atom. The highest BCUT2D eigenvalue weighted by Gasteiger charge is 2.59. The second-order valence-electron chi connectivity index (χ2n) is 10.1. The first-order valence-electron chi connectivity index (χ1n) is 14.5. The van der Waals surface area contributed by atoms with E-state index in [2.05, 4.69) is 0 Å². The molecule has 0 heterocycles. The third-order valence-corrected chi connectivity index (χ3v) is 7.78. The lowest BCUT2D eigenvalue weighted by atomic mass is 10.1. The Balaban J connectivity index is 1.45. The van der Waals surface area contributed by atoms with E-state index in [1.165, 1.54) is 31.4 Å². The van der Waals surface area contributed by atoms with Crippen LogP contribution < -0.4 is 18.9 Å². The molecule has 0 N–H and O–H groups in total. The number of hydrogen-bond acceptors (Lipinski definition) is 8. The second-order valence-corrected chi connectivity index (χ2v) is 11.4. The van der Waals surface area contributed by atoms with Gasteiger partial charge in [-0.1, -0.05) is 37.3 Å². The molecule has 7 nitrogen and oxygen atoms in total. The molecular formula is C35H31F5O7S. The number of methoxy groups -OCH3 is 2. The normalized spacial score (nSPS) is 11.9. The Morgan fingerprint density at radius 3 is 2.27 bits per heavy atom. The van der Waals surface area contributed by atoms with Gasteiger partial charge in [0.05, 0.1) is 24.2 Å². The summed E-state index contributed by atoms with van der Waals surface area (Å²) in [6.45, 7) is 2.67. The lowest BCUT2D eigenvalue weighted by molar-refractivity contribution is -0.290. The number of thioether (sulfide) groups is 1. The summed E-state index contributed by atoms with van der Waals surface area (Å²) in [6, 6.07) is 17.8. The summed E-state index contributed by atoms with van der Waals surface area (Å²) in [7, 11) is 2.98. The topological polar surface area (TPSA) is 80.3 Å². The van der Waals surface area contributed by atoms with Crippen LogP contribution in [0.4, 0.5) is 22.0 Å². The zero-order valence-corrected chi connectivity index (χ0v) is 26.9. The molecule has 4 aromatic carbocycles. The molecule has 0 aliphatic carbocycles. The third kappa shape index (κ3) is 8.84. The number of esters is 2. The van der Waals surface area contributed by atoms with Crippen molar-refractivity contribution in [1.82, 2.24) is 0 Å². The Kier molecular flexibility index (Phi) is 12.1. The maximum absolute atomic E-state index is 14.2. The fraction of sp³-hybridized carbons (Fsp3) is 0.257. The molecule has 0 bridgehead atoms. The molecule has 0 saturated heterocycles. The Bertz CT molecular complexity index is 1790. The second kappa shape index (κ2) is 16.0. The molecule has 0 aromatic heterocycles. The maximum Gasteiger partial charge on any atom is 0.458 e. The number of benzene rings is 4. The van der Waals surface area contributed by atoms with Crippen molar-refractivity contribution in [3.05, 3.63) is 95.6 Å². The van der Waals surface area contributed by atoms with Crippen molar-refractivity contribution in [3.8, 4) is 23.0 Å². The van der Waals surface area contributed by atoms with E-state index >= 15 is 0 Å². The first-order valence-corrected chi connectivity index (χ1v) is 15.5. The predicted molar refractivity (Wildman–Crippen MR) is 171 cm³/mol. The molecule has 4 aromatic rings. The van der Waals surface area contributed by atoms with Crippen molar-refractivity contribution in [2.45, 2.75) is 30.3 Å². The minimum absolute atomic E-state index is 0.103. The largest absolute Gasteiger partial charge is 0.493 e. The summed E-state index contributed by atoms with van der Waals surface area (Å²) in [4.78, 5) is 25.1. The molecule has 13 heteroatoms. The van der Waals surface area contributed by atoms with Crippen molar-refractivity contribution in [2.75, 3.05) is 33.2 Å². The van der Waals surface area contributed by atoms with Gasteiger partial charge in [0.25, 0.3) is 0 Å². The van der Waals surface area contributed by atoms with Gasteiger partial charge in [-0.15, -0.1) is 11.8 Å². The minimum Gasteiger partial charge on any atom is -0.493 e. The molecule has 0 atom stereocenters. The Hall–Kier alpha value is -4.62. The summed E-state index contributed by atoms with van der Waals surface area (Å²) < 4.78 is 94.5. The molecular weight excluding hydrogens is 659 g/mol. The standard InChI is InChI=1S/C35H31F5O7S/c1-4-48-32-27(34(36,37)35(38,39)40)7-5-8-29(32)46-31(41)16-10-22-9-15-28(30(19-22)44-3)47-33(42)25-12-11-24-21-26(14-13-23(24)20-25)45-18-6-17-43-2/h5,7-16,19-21H,4,6,17-18H2,1-3H3/b16-10+. The van der Waals surface area contributed by atoms with Crippen LogP contribution >= 0.6 is 11.8 Å². The van der Waals surface area contributed by atoms with Crippen LogP contribution in [0.3, 0.4) is 0 Å². The van der Waals surface area contributed by atoms with Crippen LogP contribution in [0.25, 0.3) is 16.8 Å². The van der Waals surface area contributed by atoms with E-state index in [0.29, 0.717) is 47.9 Å². The van der Waals surface area contributed by atoms with Crippen molar-refractivity contribution in [3.63, 3.8) is 0 Å². The average Bonchev–Trinajstić information content (AvgIpc) is 3.06. The maximum atomic E-state index is 14.2. The molecule has 4 rings (SSSR count). The summed E-state index contributed by atoms with van der Waals surface area (Å²) >= 11 is 0.694. The quantitative estimate of drug-likeness (QED) is 0.0324. The number of hydrogen-bond donors (Lipinski definition) is 0. The van der Waals surface area contributed by atoms with Crippen LogP contribution in [0.1, 0.15) is 34.8 Å². The van der Waals surface area contributed by atoms with E-state index < -0.39 is 40.2 Å². The van der Waals surface area contributed by atoms with Gasteiger partial charge in [-0.05, 0) is 70.6 Å². The molecule has 0 spiro atoms. The highest BCUT2D eigenvalue weighted by atomic mass is 32.2. The van der Waals surface area contributed by atoms with Crippen molar-refractivity contribution < 1.29 is 55.2 Å². The highest BCUT2D eigenvalue weighted by molar-refractivity contribution is 7.99. The van der Waals surface area contributed by atoms with Gasteiger partial charge in [-0.25, -0.2) is 9.59 Å². The highest BCUT2D eigenvalue weighted by Crippen LogP contribution is 2.49. The summed E-state index contributed by atoms with van der Waals surface area (Å²) in [5, 5.41) is 1.67. The predicted octanol–water partition coefficient (Wildman–Crippen LogP) is 8.87. The van der Waals surface area contributed by atoms with Gasteiger partial charge in [-0.3, -0.25) is 0 Å². The summed E-state index contributed by atoms with van der Waals surface area (Å²) in [5.41, 5.74) is -0.597. The van der Waals surface area contributed by atoms with Gasteiger partial charge >= 0.3 is 24.0 Å². The first kappa shape index (κ1) is 36.2. The monoisotopic (exact) mass is 690 g/mol. The smallest absolute Gasteiger partial charge is 0.458 e. The molecule has 0 radical (unpaired) electrons. The van der Waals surface area contributed by atoms with Gasteiger partial charge in [-0.2, -0.15) is 22.0 Å². The molecule has 0 aliphatic heterocycles. The SMILES string of the molecule is CCSc1c(OC(=O)/C=C/c2ccc(OC(=O)c3ccc4cc(OCCCOC)ccc4c3)c(OC)c2)cccc1C(F)(F)C(F)(F)F. The van der Waals surface area contributed by atoms with E-state index in [-0.39, 0.29) is 17.3 Å². The number of alkyl halides is 5. The van der Waals surface area contributed by atoms with Gasteiger partial charge in [0.2, 0.25) is 0 Å². The van der Waals surface area contributed by atoms with Gasteiger partial charge in [0.1, 0.15) is 11.5 Å². The Morgan fingerprint density at radius 1 is 0.812 bits per heavy atom.